The first-order chi connectivity index (χ1) is 17.1. The molecule has 0 radical (unpaired) electrons. The zero-order valence-corrected chi connectivity index (χ0v) is 24.6. The van der Waals surface area contributed by atoms with Gasteiger partial charge in [-0.05, 0) is 44.4 Å². The molecule has 0 heterocycles. The highest BCUT2D eigenvalue weighted by atomic mass is 32.2. The molecule has 2 aliphatic carbocycles. The van der Waals surface area contributed by atoms with Gasteiger partial charge < -0.3 is 39.3 Å². The van der Waals surface area contributed by atoms with Crippen LogP contribution in [-0.4, -0.2) is 46.6 Å². The van der Waals surface area contributed by atoms with Crippen LogP contribution >= 0.6 is 0 Å². The zero-order chi connectivity index (χ0) is 29.6. The Morgan fingerprint density at radius 3 is 1.55 bits per heavy atom. The van der Waals surface area contributed by atoms with E-state index < -0.39 is 14.5 Å². The molecule has 0 saturated carbocycles. The Kier molecular flexibility index (Phi) is 12.5. The molecule has 4 rings (SSSR count). The Morgan fingerprint density at radius 2 is 1.18 bits per heavy atom. The molecule has 38 heavy (non-hydrogen) atoms. The summed E-state index contributed by atoms with van der Waals surface area (Å²) >= 11 is 0. The van der Waals surface area contributed by atoms with Crippen molar-refractivity contribution in [2.24, 2.45) is 0 Å². The molecule has 2 aromatic rings. The van der Waals surface area contributed by atoms with Crippen molar-refractivity contribution < 1.29 is 39.3 Å². The minimum atomic E-state index is -6.00. The average Bonchev–Trinajstić information content (AvgIpc) is 2.74. The molecule has 1 nitrogen and oxygen atoms in total. The van der Waals surface area contributed by atoms with Crippen molar-refractivity contribution in [1.82, 2.24) is 0 Å². The first-order valence-corrected chi connectivity index (χ1v) is 16.0. The van der Waals surface area contributed by atoms with Gasteiger partial charge in [0.2, 0.25) is 0 Å². The summed E-state index contributed by atoms with van der Waals surface area (Å²) in [7, 11) is -9.59. The van der Waals surface area contributed by atoms with Gasteiger partial charge in [0, 0.05) is 29.5 Å². The number of methoxy groups -OCH3 is 1. The van der Waals surface area contributed by atoms with E-state index in [1.165, 1.54) is 27.8 Å². The fourth-order valence-corrected chi connectivity index (χ4v) is 6.58. The molecule has 2 aromatic carbocycles. The fourth-order valence-electron chi connectivity index (χ4n) is 4.16. The lowest BCUT2D eigenvalue weighted by Gasteiger charge is -2.26. The number of ether oxygens (including phenoxy) is 1. The lowest BCUT2D eigenvalue weighted by Crippen LogP contribution is -2.19. The molecule has 0 saturated heterocycles. The Hall–Kier alpha value is -1.49. The minimum Gasteiger partial charge on any atom is -0.496 e. The van der Waals surface area contributed by atoms with Crippen LogP contribution < -0.4 is 4.74 Å². The highest BCUT2D eigenvalue weighted by Gasteiger charge is 2.34. The molecule has 2 aliphatic rings. The summed E-state index contributed by atoms with van der Waals surface area (Å²) in [4.78, 5) is 0. The van der Waals surface area contributed by atoms with Gasteiger partial charge in [-0.3, -0.25) is 0 Å². The third-order valence-electron chi connectivity index (χ3n) is 5.93. The van der Waals surface area contributed by atoms with Crippen LogP contribution in [0.2, 0.25) is 0 Å². The second kappa shape index (κ2) is 13.7. The van der Waals surface area contributed by atoms with E-state index in [-0.39, 0.29) is 16.3 Å². The molecule has 0 fully saturated rings. The predicted molar refractivity (Wildman–Crippen MR) is 150 cm³/mol. The summed E-state index contributed by atoms with van der Waals surface area (Å²) in [6.45, 7) is 6.97. The lowest BCUT2D eigenvalue weighted by molar-refractivity contribution is 0.366. The van der Waals surface area contributed by atoms with Gasteiger partial charge in [0.15, 0.2) is 0 Å². The van der Waals surface area contributed by atoms with Gasteiger partial charge in [-0.15, -0.1) is 0 Å². The first-order valence-electron chi connectivity index (χ1n) is 11.8. The van der Waals surface area contributed by atoms with Crippen LogP contribution in [0.5, 0.6) is 5.75 Å². The molecular formula is C25H36B2F8OS2. The molecule has 0 spiro atoms. The van der Waals surface area contributed by atoms with E-state index in [9.17, 15) is 34.5 Å². The lowest BCUT2D eigenvalue weighted by atomic mass is 9.83. The normalized spacial score (nSPS) is 17.7. The summed E-state index contributed by atoms with van der Waals surface area (Å²) < 4.78 is 84.1. The molecule has 2 atom stereocenters. The van der Waals surface area contributed by atoms with Crippen LogP contribution in [0.1, 0.15) is 59.1 Å². The van der Waals surface area contributed by atoms with E-state index in [1.807, 2.05) is 7.11 Å². The van der Waals surface area contributed by atoms with Gasteiger partial charge in [-0.1, -0.05) is 51.1 Å². The summed E-state index contributed by atoms with van der Waals surface area (Å²) in [5.41, 5.74) is 7.26. The van der Waals surface area contributed by atoms with E-state index in [1.54, 1.807) is 0 Å². The molecule has 0 N–H and O–H groups in total. The van der Waals surface area contributed by atoms with Crippen molar-refractivity contribution in [3.05, 3.63) is 64.2 Å². The Bertz CT molecular complexity index is 996. The average molecular weight is 590 g/mol. The van der Waals surface area contributed by atoms with Crippen LogP contribution in [0.4, 0.5) is 34.5 Å². The van der Waals surface area contributed by atoms with E-state index in [0.29, 0.717) is 21.4 Å². The largest absolute Gasteiger partial charge is 0.673 e. The van der Waals surface area contributed by atoms with Gasteiger partial charge in [0.1, 0.15) is 16.2 Å². The quantitative estimate of drug-likeness (QED) is 0.199. The molecular weight excluding hydrogens is 554 g/mol. The molecule has 4 bridgehead atoms. The van der Waals surface area contributed by atoms with Crippen molar-refractivity contribution in [2.45, 2.75) is 49.5 Å². The smallest absolute Gasteiger partial charge is 0.496 e. The van der Waals surface area contributed by atoms with E-state index >= 15 is 0 Å². The number of rotatable bonds is 3. The predicted octanol–water partition coefficient (Wildman–Crippen LogP) is 8.23. The number of fused-ring (bicyclic) bond motifs is 4. The molecule has 0 aliphatic heterocycles. The van der Waals surface area contributed by atoms with Crippen LogP contribution in [0.3, 0.4) is 0 Å². The number of halogens is 8. The van der Waals surface area contributed by atoms with Gasteiger partial charge in [0.05, 0.1) is 32.1 Å². The van der Waals surface area contributed by atoms with Crippen molar-refractivity contribution >= 4 is 36.3 Å². The molecule has 13 heteroatoms. The van der Waals surface area contributed by atoms with Crippen LogP contribution in [0.25, 0.3) is 0 Å². The summed E-state index contributed by atoms with van der Waals surface area (Å²) in [6, 6.07) is 14.3. The third-order valence-corrected chi connectivity index (χ3v) is 9.06. The molecule has 216 valence electrons. The van der Waals surface area contributed by atoms with Crippen molar-refractivity contribution in [3.8, 4) is 5.75 Å². The second-order valence-electron chi connectivity index (χ2n) is 10.4. The highest BCUT2D eigenvalue weighted by Crippen LogP contribution is 2.42. The van der Waals surface area contributed by atoms with E-state index in [2.05, 4.69) is 82.2 Å². The maximum Gasteiger partial charge on any atom is 0.673 e. The number of hydrogen-bond donors (Lipinski definition) is 0. The van der Waals surface area contributed by atoms with Crippen molar-refractivity contribution in [2.75, 3.05) is 32.1 Å². The third kappa shape index (κ3) is 12.1. The van der Waals surface area contributed by atoms with Gasteiger partial charge in [-0.2, -0.15) is 0 Å². The highest BCUT2D eigenvalue weighted by molar-refractivity contribution is 7.96. The standard InChI is InChI=1S/C25H36OS2.2BF4/c1-25(2,3)20-14-19-15-22(27(5)6)18-11-9-17(10-12-18)13-23(28(7)8)21(16-20)24(19)26-4;2*2-1(3,4)5/h9-12,14,16,22-23H,13,15H2,1-8H3;;/q+2;2*-1. The van der Waals surface area contributed by atoms with Gasteiger partial charge in [0.25, 0.3) is 0 Å². The Balaban J connectivity index is 0.000000616. The van der Waals surface area contributed by atoms with Crippen LogP contribution in [-0.2, 0) is 40.0 Å². The maximum absolute atomic E-state index is 9.75. The Morgan fingerprint density at radius 1 is 0.737 bits per heavy atom. The topological polar surface area (TPSA) is 9.23 Å². The van der Waals surface area contributed by atoms with Crippen LogP contribution in [0, 0.1) is 0 Å². The molecule has 2 unspecified atom stereocenters. The number of hydrogen-bond acceptors (Lipinski definition) is 1. The summed E-state index contributed by atoms with van der Waals surface area (Å²) in [6.07, 6.45) is 11.6. The fraction of sp³-hybridized carbons (Fsp3) is 0.520. The minimum absolute atomic E-state index is 0.131. The Labute approximate surface area is 227 Å². The SMILES string of the molecule is COc1c2cc(C(C)(C)C)cc1C([S+](C)C)Cc1ccc(cc1)C([S+](C)C)C2.F[B-](F)(F)F.F[B-](F)(F)F. The maximum atomic E-state index is 9.75. The van der Waals surface area contributed by atoms with Crippen molar-refractivity contribution in [3.63, 3.8) is 0 Å². The van der Waals surface area contributed by atoms with Gasteiger partial charge >= 0.3 is 14.5 Å². The van der Waals surface area contributed by atoms with Crippen molar-refractivity contribution in [1.29, 1.82) is 0 Å². The number of benzene rings is 2. The zero-order valence-electron chi connectivity index (χ0n) is 22.9. The summed E-state index contributed by atoms with van der Waals surface area (Å²) in [5, 5.41) is 1.02. The molecule has 0 amide bonds. The van der Waals surface area contributed by atoms with E-state index in [0.717, 1.165) is 18.6 Å². The van der Waals surface area contributed by atoms with E-state index in [4.69, 9.17) is 4.74 Å². The monoisotopic (exact) mass is 590 g/mol. The van der Waals surface area contributed by atoms with Crippen LogP contribution in [0.15, 0.2) is 36.4 Å². The summed E-state index contributed by atoms with van der Waals surface area (Å²) in [5.74, 6) is 1.14. The first kappa shape index (κ1) is 34.5. The van der Waals surface area contributed by atoms with Gasteiger partial charge in [-0.25, -0.2) is 0 Å². The molecule has 0 aromatic heterocycles. The second-order valence-corrected chi connectivity index (χ2v) is 15.0.